The molecule has 1 N–H and O–H groups in total. The van der Waals surface area contributed by atoms with E-state index in [1.54, 1.807) is 6.21 Å². The zero-order valence-electron chi connectivity index (χ0n) is 15.1. The lowest BCUT2D eigenvalue weighted by Crippen LogP contribution is -2.18. The van der Waals surface area contributed by atoms with Gasteiger partial charge < -0.3 is 9.47 Å². The van der Waals surface area contributed by atoms with Crippen molar-refractivity contribution >= 4 is 18.4 Å². The van der Waals surface area contributed by atoms with Gasteiger partial charge in [-0.15, -0.1) is 0 Å². The van der Waals surface area contributed by atoms with Crippen molar-refractivity contribution < 1.29 is 9.47 Å². The number of hydrogen-bond acceptors (Lipinski definition) is 6. The Morgan fingerprint density at radius 1 is 1.23 bits per heavy atom. The second-order valence-electron chi connectivity index (χ2n) is 5.62. The summed E-state index contributed by atoms with van der Waals surface area (Å²) >= 11 is 5.01. The van der Waals surface area contributed by atoms with E-state index in [2.05, 4.69) is 22.2 Å². The van der Waals surface area contributed by atoms with Gasteiger partial charge in [-0.05, 0) is 49.3 Å². The third-order valence-electron chi connectivity index (χ3n) is 3.58. The SMILES string of the molecule is CCCCCCOc1ccc(/C=N/n2c(=O)cn[nH]c2=S)cc1OCC. The third-order valence-corrected chi connectivity index (χ3v) is 3.85. The number of aromatic nitrogens is 3. The average Bonchev–Trinajstić information content (AvgIpc) is 2.63. The van der Waals surface area contributed by atoms with E-state index < -0.39 is 5.56 Å². The van der Waals surface area contributed by atoms with E-state index in [0.717, 1.165) is 29.3 Å². The lowest BCUT2D eigenvalue weighted by atomic mass is 10.2. The van der Waals surface area contributed by atoms with Crippen LogP contribution in [0.2, 0.25) is 0 Å². The average molecular weight is 376 g/mol. The molecule has 1 aromatic heterocycles. The van der Waals surface area contributed by atoms with Crippen molar-refractivity contribution in [3.05, 3.63) is 45.1 Å². The summed E-state index contributed by atoms with van der Waals surface area (Å²) in [4.78, 5) is 11.7. The number of aromatic amines is 1. The van der Waals surface area contributed by atoms with Gasteiger partial charge in [0, 0.05) is 0 Å². The van der Waals surface area contributed by atoms with E-state index in [1.807, 2.05) is 25.1 Å². The molecule has 0 unspecified atom stereocenters. The molecule has 1 heterocycles. The standard InChI is InChI=1S/C18H24N4O3S/c1-3-5-6-7-10-25-15-9-8-14(11-16(15)24-4-2)12-20-22-17(23)13-19-21-18(22)26/h8-9,11-13H,3-7,10H2,1-2H3,(H,21,26)/b20-12+. The van der Waals surface area contributed by atoms with Gasteiger partial charge in [-0.1, -0.05) is 26.2 Å². The fourth-order valence-corrected chi connectivity index (χ4v) is 2.47. The number of unbranched alkanes of at least 4 members (excludes halogenated alkanes) is 3. The highest BCUT2D eigenvalue weighted by molar-refractivity contribution is 7.71. The van der Waals surface area contributed by atoms with Gasteiger partial charge in [0.1, 0.15) is 6.20 Å². The first kappa shape index (κ1) is 19.8. The van der Waals surface area contributed by atoms with Crippen LogP contribution in [0.25, 0.3) is 0 Å². The van der Waals surface area contributed by atoms with Crippen LogP contribution in [0.15, 0.2) is 34.3 Å². The van der Waals surface area contributed by atoms with Gasteiger partial charge in [-0.2, -0.15) is 14.9 Å². The molecule has 0 spiro atoms. The Morgan fingerprint density at radius 3 is 2.81 bits per heavy atom. The molecule has 0 aliphatic carbocycles. The minimum Gasteiger partial charge on any atom is -0.490 e. The topological polar surface area (TPSA) is 81.5 Å². The summed E-state index contributed by atoms with van der Waals surface area (Å²) in [6.45, 7) is 5.29. The molecule has 140 valence electrons. The Balaban J connectivity index is 2.13. The van der Waals surface area contributed by atoms with Crippen LogP contribution in [0, 0.1) is 4.77 Å². The third kappa shape index (κ3) is 5.80. The van der Waals surface area contributed by atoms with Gasteiger partial charge in [-0.3, -0.25) is 9.89 Å². The summed E-state index contributed by atoms with van der Waals surface area (Å²) in [5, 5.41) is 10.3. The molecular weight excluding hydrogens is 352 g/mol. The van der Waals surface area contributed by atoms with Crippen LogP contribution < -0.4 is 15.0 Å². The molecule has 0 saturated heterocycles. The van der Waals surface area contributed by atoms with Crippen molar-refractivity contribution in [3.8, 4) is 11.5 Å². The highest BCUT2D eigenvalue weighted by Crippen LogP contribution is 2.28. The molecule has 0 aliphatic rings. The highest BCUT2D eigenvalue weighted by atomic mass is 32.1. The van der Waals surface area contributed by atoms with E-state index >= 15 is 0 Å². The first-order chi connectivity index (χ1) is 12.7. The number of ether oxygens (including phenoxy) is 2. The zero-order chi connectivity index (χ0) is 18.8. The van der Waals surface area contributed by atoms with Crippen molar-refractivity contribution in [2.45, 2.75) is 39.5 Å². The summed E-state index contributed by atoms with van der Waals surface area (Å²) in [6.07, 6.45) is 7.25. The van der Waals surface area contributed by atoms with E-state index in [4.69, 9.17) is 21.7 Å². The van der Waals surface area contributed by atoms with E-state index in [1.165, 1.54) is 12.8 Å². The maximum absolute atomic E-state index is 11.7. The van der Waals surface area contributed by atoms with E-state index in [-0.39, 0.29) is 4.77 Å². The van der Waals surface area contributed by atoms with E-state index in [0.29, 0.717) is 24.7 Å². The van der Waals surface area contributed by atoms with Crippen LogP contribution in [-0.4, -0.2) is 34.3 Å². The van der Waals surface area contributed by atoms with Crippen LogP contribution in [0.3, 0.4) is 0 Å². The molecule has 8 heteroatoms. The highest BCUT2D eigenvalue weighted by Gasteiger charge is 2.06. The van der Waals surface area contributed by atoms with Crippen LogP contribution >= 0.6 is 12.2 Å². The van der Waals surface area contributed by atoms with Gasteiger partial charge >= 0.3 is 0 Å². The smallest absolute Gasteiger partial charge is 0.293 e. The minimum atomic E-state index is -0.401. The Hall–Kier alpha value is -2.48. The fraction of sp³-hybridized carbons (Fsp3) is 0.444. The summed E-state index contributed by atoms with van der Waals surface area (Å²) in [5.74, 6) is 1.36. The zero-order valence-corrected chi connectivity index (χ0v) is 15.9. The number of nitrogens with one attached hydrogen (secondary N) is 1. The maximum atomic E-state index is 11.7. The molecule has 2 rings (SSSR count). The quantitative estimate of drug-likeness (QED) is 0.390. The molecule has 0 radical (unpaired) electrons. The lowest BCUT2D eigenvalue weighted by Gasteiger charge is -2.12. The summed E-state index contributed by atoms with van der Waals surface area (Å²) in [5.41, 5.74) is 0.368. The molecule has 0 fully saturated rings. The van der Waals surface area contributed by atoms with Crippen molar-refractivity contribution in [1.29, 1.82) is 0 Å². The first-order valence-corrected chi connectivity index (χ1v) is 9.17. The minimum absolute atomic E-state index is 0.130. The van der Waals surface area contributed by atoms with Crippen LogP contribution in [-0.2, 0) is 0 Å². The summed E-state index contributed by atoms with van der Waals surface area (Å²) in [6, 6.07) is 5.53. The molecule has 7 nitrogen and oxygen atoms in total. The van der Waals surface area contributed by atoms with Crippen molar-refractivity contribution in [2.75, 3.05) is 13.2 Å². The van der Waals surface area contributed by atoms with Gasteiger partial charge in [0.05, 0.1) is 19.4 Å². The summed E-state index contributed by atoms with van der Waals surface area (Å²) in [7, 11) is 0. The van der Waals surface area contributed by atoms with E-state index in [9.17, 15) is 4.79 Å². The van der Waals surface area contributed by atoms with Gasteiger partial charge in [-0.25, -0.2) is 0 Å². The van der Waals surface area contributed by atoms with Gasteiger partial charge in [0.25, 0.3) is 5.56 Å². The van der Waals surface area contributed by atoms with Crippen LogP contribution in [0.4, 0.5) is 0 Å². The molecule has 26 heavy (non-hydrogen) atoms. The summed E-state index contributed by atoms with van der Waals surface area (Å²) < 4.78 is 12.7. The normalized spacial score (nSPS) is 11.0. The molecule has 0 atom stereocenters. The largest absolute Gasteiger partial charge is 0.490 e. The predicted molar refractivity (Wildman–Crippen MR) is 104 cm³/mol. The number of H-pyrrole nitrogens is 1. The molecule has 0 bridgehead atoms. The Bertz CT molecular complexity index is 817. The molecule has 1 aromatic carbocycles. The number of rotatable bonds is 10. The van der Waals surface area contributed by atoms with Crippen LogP contribution in [0.5, 0.6) is 11.5 Å². The lowest BCUT2D eigenvalue weighted by molar-refractivity contribution is 0.270. The molecule has 0 saturated carbocycles. The molecule has 0 amide bonds. The Morgan fingerprint density at radius 2 is 2.08 bits per heavy atom. The van der Waals surface area contributed by atoms with Crippen molar-refractivity contribution in [2.24, 2.45) is 5.10 Å². The van der Waals surface area contributed by atoms with Gasteiger partial charge in [0.2, 0.25) is 4.77 Å². The Kier molecular flexibility index (Phi) is 8.01. The number of benzene rings is 1. The molecule has 0 aliphatic heterocycles. The second kappa shape index (κ2) is 10.5. The first-order valence-electron chi connectivity index (χ1n) is 8.76. The Labute approximate surface area is 157 Å². The van der Waals surface area contributed by atoms with Crippen molar-refractivity contribution in [1.82, 2.24) is 14.9 Å². The monoisotopic (exact) mass is 376 g/mol. The number of nitrogens with zero attached hydrogens (tertiary/aromatic N) is 3. The van der Waals surface area contributed by atoms with Gasteiger partial charge in [0.15, 0.2) is 11.5 Å². The number of hydrogen-bond donors (Lipinski definition) is 1. The maximum Gasteiger partial charge on any atom is 0.293 e. The molecular formula is C18H24N4O3S. The van der Waals surface area contributed by atoms with Crippen molar-refractivity contribution in [3.63, 3.8) is 0 Å². The second-order valence-corrected chi connectivity index (χ2v) is 6.00. The predicted octanol–water partition coefficient (Wildman–Crippen LogP) is 3.54. The molecule has 2 aromatic rings. The fourth-order valence-electron chi connectivity index (χ4n) is 2.28. The van der Waals surface area contributed by atoms with Crippen LogP contribution in [0.1, 0.15) is 45.1 Å².